The normalized spacial score (nSPS) is 22.8. The summed E-state index contributed by atoms with van der Waals surface area (Å²) in [5.74, 6) is 0. The van der Waals surface area contributed by atoms with Crippen LogP contribution in [0.1, 0.15) is 18.4 Å². The molecule has 0 bridgehead atoms. The van der Waals surface area contributed by atoms with E-state index in [1.54, 1.807) is 0 Å². The van der Waals surface area contributed by atoms with Gasteiger partial charge in [0.1, 0.15) is 6.10 Å². The molecule has 0 spiro atoms. The van der Waals surface area contributed by atoms with Crippen LogP contribution in [0.25, 0.3) is 0 Å². The molecule has 1 aromatic carbocycles. The molecular weight excluding hydrogens is 264 g/mol. The van der Waals surface area contributed by atoms with Crippen molar-refractivity contribution >= 4 is 5.69 Å². The second kappa shape index (κ2) is 7.48. The highest BCUT2D eigenvalue weighted by Crippen LogP contribution is 2.15. The molecular formula is C17H24N2O2. The van der Waals surface area contributed by atoms with Crippen LogP contribution in [0.2, 0.25) is 0 Å². The van der Waals surface area contributed by atoms with Crippen LogP contribution in [-0.2, 0) is 16.0 Å². The van der Waals surface area contributed by atoms with Crippen LogP contribution in [0.3, 0.4) is 0 Å². The largest absolute Gasteiger partial charge is 0.497 e. The number of rotatable bonds is 5. The zero-order valence-electron chi connectivity index (χ0n) is 12.5. The zero-order valence-corrected chi connectivity index (χ0v) is 12.5. The van der Waals surface area contributed by atoms with Crippen LogP contribution in [0.5, 0.6) is 0 Å². The zero-order chi connectivity index (χ0) is 14.3. The Morgan fingerprint density at radius 1 is 1.14 bits per heavy atom. The third-order valence-corrected chi connectivity index (χ3v) is 4.02. The Morgan fingerprint density at radius 2 is 1.95 bits per heavy atom. The molecule has 1 N–H and O–H groups in total. The summed E-state index contributed by atoms with van der Waals surface area (Å²) in [5, 5.41) is 3.45. The second-order valence-corrected chi connectivity index (χ2v) is 5.67. The average molecular weight is 288 g/mol. The maximum absolute atomic E-state index is 5.56. The van der Waals surface area contributed by atoms with Gasteiger partial charge in [-0.2, -0.15) is 0 Å². The third kappa shape index (κ3) is 4.48. The number of nitrogens with one attached hydrogen (secondary N) is 1. The van der Waals surface area contributed by atoms with Gasteiger partial charge in [-0.25, -0.2) is 0 Å². The second-order valence-electron chi connectivity index (χ2n) is 5.67. The van der Waals surface area contributed by atoms with Gasteiger partial charge >= 0.3 is 0 Å². The van der Waals surface area contributed by atoms with E-state index in [-0.39, 0.29) is 0 Å². The molecule has 0 aliphatic carbocycles. The monoisotopic (exact) mass is 288 g/mol. The van der Waals surface area contributed by atoms with Gasteiger partial charge in [0.2, 0.25) is 0 Å². The molecule has 0 amide bonds. The first-order valence-electron chi connectivity index (χ1n) is 7.83. The van der Waals surface area contributed by atoms with Gasteiger partial charge in [-0.15, -0.1) is 0 Å². The van der Waals surface area contributed by atoms with Crippen LogP contribution < -0.4 is 5.32 Å². The fourth-order valence-corrected chi connectivity index (χ4v) is 2.71. The topological polar surface area (TPSA) is 33.7 Å². The first-order valence-corrected chi connectivity index (χ1v) is 7.83. The van der Waals surface area contributed by atoms with Gasteiger partial charge in [-0.05, 0) is 36.6 Å². The van der Waals surface area contributed by atoms with E-state index in [1.807, 2.05) is 6.26 Å². The molecule has 0 aromatic heterocycles. The lowest BCUT2D eigenvalue weighted by molar-refractivity contribution is 0.0342. The lowest BCUT2D eigenvalue weighted by Crippen LogP contribution is -2.35. The Kier molecular flexibility index (Phi) is 5.13. The van der Waals surface area contributed by atoms with Crippen molar-refractivity contribution in [2.45, 2.75) is 25.5 Å². The Hall–Kier alpha value is -1.52. The van der Waals surface area contributed by atoms with Crippen molar-refractivity contribution in [1.29, 1.82) is 0 Å². The van der Waals surface area contributed by atoms with Gasteiger partial charge in [0, 0.05) is 25.3 Å². The molecule has 1 atom stereocenters. The van der Waals surface area contributed by atoms with E-state index in [0.29, 0.717) is 6.10 Å². The molecule has 0 saturated carbocycles. The van der Waals surface area contributed by atoms with Gasteiger partial charge in [0.05, 0.1) is 26.0 Å². The van der Waals surface area contributed by atoms with Gasteiger partial charge in [-0.1, -0.05) is 12.1 Å². The number of hydrogen-bond acceptors (Lipinski definition) is 4. The summed E-state index contributed by atoms with van der Waals surface area (Å²) in [6.45, 7) is 5.66. The first-order chi connectivity index (χ1) is 10.4. The van der Waals surface area contributed by atoms with E-state index in [9.17, 15) is 0 Å². The molecule has 0 radical (unpaired) electrons. The summed E-state index contributed by atoms with van der Waals surface area (Å²) in [5.41, 5.74) is 2.53. The van der Waals surface area contributed by atoms with E-state index in [2.05, 4.69) is 40.6 Å². The number of nitrogens with zero attached hydrogens (tertiary/aromatic N) is 1. The predicted octanol–water partition coefficient (Wildman–Crippen LogP) is 2.62. The van der Waals surface area contributed by atoms with Crippen molar-refractivity contribution in [1.82, 2.24) is 4.90 Å². The van der Waals surface area contributed by atoms with Crippen LogP contribution in [-0.4, -0.2) is 43.9 Å². The van der Waals surface area contributed by atoms with E-state index < -0.39 is 0 Å². The Bertz CT molecular complexity index is 452. The molecule has 1 aromatic rings. The van der Waals surface area contributed by atoms with E-state index in [4.69, 9.17) is 9.47 Å². The van der Waals surface area contributed by atoms with Gasteiger partial charge < -0.3 is 14.8 Å². The summed E-state index contributed by atoms with van der Waals surface area (Å²) in [6.07, 6.45) is 6.41. The molecule has 2 heterocycles. The molecule has 2 aliphatic heterocycles. The van der Waals surface area contributed by atoms with Crippen LogP contribution >= 0.6 is 0 Å². The summed E-state index contributed by atoms with van der Waals surface area (Å²) in [4.78, 5) is 2.44. The Labute approximate surface area is 126 Å². The number of benzene rings is 1. The van der Waals surface area contributed by atoms with Crippen LogP contribution in [0.4, 0.5) is 5.69 Å². The molecule has 114 valence electrons. The van der Waals surface area contributed by atoms with Crippen molar-refractivity contribution in [3.05, 3.63) is 42.2 Å². The number of ether oxygens (including phenoxy) is 2. The van der Waals surface area contributed by atoms with Crippen molar-refractivity contribution < 1.29 is 9.47 Å². The highest BCUT2D eigenvalue weighted by atomic mass is 16.5. The molecule has 4 nitrogen and oxygen atoms in total. The standard InChI is InChI=1S/C17H24N2O2/c1-2-10-21-17(3-1)13-18-16-6-4-15(5-7-16)14-19-8-11-20-12-9-19/h2,4-7,10,17-18H,1,3,8-9,11-14H2. The molecule has 1 fully saturated rings. The smallest absolute Gasteiger partial charge is 0.115 e. The number of allylic oxidation sites excluding steroid dienone is 1. The van der Waals surface area contributed by atoms with Gasteiger partial charge in [-0.3, -0.25) is 4.90 Å². The average Bonchev–Trinajstić information content (AvgIpc) is 2.56. The van der Waals surface area contributed by atoms with Crippen LogP contribution in [0.15, 0.2) is 36.6 Å². The first kappa shape index (κ1) is 14.4. The number of anilines is 1. The minimum atomic E-state index is 0.294. The maximum Gasteiger partial charge on any atom is 0.115 e. The predicted molar refractivity (Wildman–Crippen MR) is 84.3 cm³/mol. The highest BCUT2D eigenvalue weighted by Gasteiger charge is 2.11. The molecule has 21 heavy (non-hydrogen) atoms. The fraction of sp³-hybridized carbons (Fsp3) is 0.529. The summed E-state index contributed by atoms with van der Waals surface area (Å²) in [7, 11) is 0. The Morgan fingerprint density at radius 3 is 2.67 bits per heavy atom. The Balaban J connectivity index is 1.45. The molecule has 4 heteroatoms. The summed E-state index contributed by atoms with van der Waals surface area (Å²) >= 11 is 0. The molecule has 2 aliphatic rings. The van der Waals surface area contributed by atoms with E-state index in [1.165, 1.54) is 11.3 Å². The van der Waals surface area contributed by atoms with Crippen molar-refractivity contribution in [3.8, 4) is 0 Å². The van der Waals surface area contributed by atoms with Gasteiger partial charge in [0.15, 0.2) is 0 Å². The van der Waals surface area contributed by atoms with Crippen molar-refractivity contribution in [2.24, 2.45) is 0 Å². The number of hydrogen-bond donors (Lipinski definition) is 1. The van der Waals surface area contributed by atoms with Gasteiger partial charge in [0.25, 0.3) is 0 Å². The van der Waals surface area contributed by atoms with E-state index >= 15 is 0 Å². The molecule has 1 unspecified atom stereocenters. The molecule has 1 saturated heterocycles. The molecule has 3 rings (SSSR count). The minimum absolute atomic E-state index is 0.294. The van der Waals surface area contributed by atoms with E-state index in [0.717, 1.165) is 52.2 Å². The summed E-state index contributed by atoms with van der Waals surface area (Å²) < 4.78 is 10.9. The lowest BCUT2D eigenvalue weighted by Gasteiger charge is -2.26. The fourth-order valence-electron chi connectivity index (χ4n) is 2.71. The van der Waals surface area contributed by atoms with Crippen molar-refractivity contribution in [2.75, 3.05) is 38.2 Å². The van der Waals surface area contributed by atoms with Crippen LogP contribution in [0, 0.1) is 0 Å². The minimum Gasteiger partial charge on any atom is -0.497 e. The quantitative estimate of drug-likeness (QED) is 0.903. The summed E-state index contributed by atoms with van der Waals surface area (Å²) in [6, 6.07) is 8.74. The lowest BCUT2D eigenvalue weighted by atomic mass is 10.1. The highest BCUT2D eigenvalue weighted by molar-refractivity contribution is 5.44. The SMILES string of the molecule is C1=COC(CNc2ccc(CN3CCOCC3)cc2)CC1. The van der Waals surface area contributed by atoms with Crippen molar-refractivity contribution in [3.63, 3.8) is 0 Å². The third-order valence-electron chi connectivity index (χ3n) is 4.02. The maximum atomic E-state index is 5.56. The number of morpholine rings is 1.